The minimum absolute atomic E-state index is 0.0766. The van der Waals surface area contributed by atoms with Gasteiger partial charge in [0.15, 0.2) is 0 Å². The van der Waals surface area contributed by atoms with Gasteiger partial charge in [0.25, 0.3) is 0 Å². The molecule has 0 fully saturated rings. The summed E-state index contributed by atoms with van der Waals surface area (Å²) >= 11 is 0. The number of phenols is 1. The molecule has 0 aromatic heterocycles. The number of aromatic hydroxyl groups is 1. The number of phenolic OH excluding ortho intramolecular Hbond substituents is 1. The Kier molecular flexibility index (Phi) is 11.6. The Morgan fingerprint density at radius 2 is 1.90 bits per heavy atom. The van der Waals surface area contributed by atoms with Crippen molar-refractivity contribution >= 4 is 6.09 Å². The highest BCUT2D eigenvalue weighted by molar-refractivity contribution is 5.64. The summed E-state index contributed by atoms with van der Waals surface area (Å²) in [6.07, 6.45) is 10.4. The first-order valence-electron chi connectivity index (χ1n) is 10.5. The highest BCUT2D eigenvalue weighted by Gasteiger charge is 2.12. The maximum atomic E-state index is 10.7. The lowest BCUT2D eigenvalue weighted by Crippen LogP contribution is -2.17. The number of allylic oxidation sites excluding steroid dienone is 4. The first-order valence-corrected chi connectivity index (χ1v) is 10.5. The van der Waals surface area contributed by atoms with Crippen molar-refractivity contribution in [2.45, 2.75) is 72.6 Å². The van der Waals surface area contributed by atoms with E-state index in [2.05, 4.69) is 39.8 Å². The van der Waals surface area contributed by atoms with E-state index in [1.54, 1.807) is 0 Å². The lowest BCUT2D eigenvalue weighted by atomic mass is 10.00. The molecule has 0 heterocycles. The van der Waals surface area contributed by atoms with Crippen molar-refractivity contribution < 1.29 is 19.4 Å². The first-order chi connectivity index (χ1) is 13.8. The monoisotopic (exact) mass is 403 g/mol. The molecule has 0 aliphatic carbocycles. The van der Waals surface area contributed by atoms with Crippen LogP contribution in [0.25, 0.3) is 0 Å². The number of ether oxygens (including phenoxy) is 2. The van der Waals surface area contributed by atoms with Crippen LogP contribution in [0, 0.1) is 0 Å². The summed E-state index contributed by atoms with van der Waals surface area (Å²) in [5.41, 5.74) is 9.39. The normalized spacial score (nSPS) is 11.2. The zero-order valence-electron chi connectivity index (χ0n) is 18.4. The van der Waals surface area contributed by atoms with Gasteiger partial charge in [-0.15, -0.1) is 0 Å². The average Bonchev–Trinajstić information content (AvgIpc) is 2.64. The molecule has 29 heavy (non-hydrogen) atoms. The highest BCUT2D eigenvalue weighted by Crippen LogP contribution is 2.32. The molecule has 162 valence electrons. The fourth-order valence-electron chi connectivity index (χ4n) is 3.00. The van der Waals surface area contributed by atoms with E-state index in [1.165, 1.54) is 11.1 Å². The van der Waals surface area contributed by atoms with Gasteiger partial charge in [-0.3, -0.25) is 0 Å². The Labute approximate surface area is 175 Å². The molecule has 5 heteroatoms. The second-order valence-electron chi connectivity index (χ2n) is 7.64. The van der Waals surface area contributed by atoms with Crippen LogP contribution in [0.15, 0.2) is 35.4 Å². The first kappa shape index (κ1) is 24.6. The highest BCUT2D eigenvalue weighted by atomic mass is 16.6. The Morgan fingerprint density at radius 3 is 2.55 bits per heavy atom. The van der Waals surface area contributed by atoms with E-state index in [-0.39, 0.29) is 19.0 Å². The summed E-state index contributed by atoms with van der Waals surface area (Å²) in [5.74, 6) is 0.885. The molecule has 0 aliphatic heterocycles. The number of carbonyl (C=O) groups excluding carboxylic acids is 1. The molecule has 1 amide bonds. The number of carbonyl (C=O) groups is 1. The number of hydrogen-bond donors (Lipinski definition) is 2. The Balaban J connectivity index is 2.90. The number of primary amides is 1. The van der Waals surface area contributed by atoms with Gasteiger partial charge in [0.05, 0.1) is 0 Å². The predicted molar refractivity (Wildman–Crippen MR) is 118 cm³/mol. The number of nitrogens with two attached hydrogens (primary N) is 1. The minimum Gasteiger partial charge on any atom is -0.508 e. The lowest BCUT2D eigenvalue weighted by molar-refractivity contribution is 0.133. The van der Waals surface area contributed by atoms with Gasteiger partial charge < -0.3 is 20.3 Å². The molecule has 0 spiro atoms. The molecular formula is C24H37NO4. The number of benzene rings is 1. The molecule has 0 atom stereocenters. The summed E-state index contributed by atoms with van der Waals surface area (Å²) < 4.78 is 10.6. The average molecular weight is 404 g/mol. The van der Waals surface area contributed by atoms with Crippen LogP contribution >= 0.6 is 0 Å². The maximum Gasteiger partial charge on any atom is 0.404 e. The van der Waals surface area contributed by atoms with E-state index in [9.17, 15) is 9.90 Å². The third kappa shape index (κ3) is 10.6. The number of amides is 1. The van der Waals surface area contributed by atoms with Crippen LogP contribution in [0.1, 0.15) is 70.9 Å². The number of hydrogen-bond acceptors (Lipinski definition) is 4. The number of unbranched alkanes of at least 4 members (excludes halogenated alkanes) is 2. The van der Waals surface area contributed by atoms with Crippen molar-refractivity contribution in [2.24, 2.45) is 5.73 Å². The molecule has 0 radical (unpaired) electrons. The van der Waals surface area contributed by atoms with Crippen LogP contribution < -0.4 is 10.5 Å². The number of aryl methyl sites for hydroxylation is 1. The summed E-state index contributed by atoms with van der Waals surface area (Å²) in [6, 6.07) is 3.82. The topological polar surface area (TPSA) is 81.8 Å². The van der Waals surface area contributed by atoms with Gasteiger partial charge in [-0.2, -0.15) is 0 Å². The summed E-state index contributed by atoms with van der Waals surface area (Å²) in [7, 11) is 0. The van der Waals surface area contributed by atoms with Crippen LogP contribution in [-0.4, -0.2) is 24.4 Å². The largest absolute Gasteiger partial charge is 0.508 e. The summed E-state index contributed by atoms with van der Waals surface area (Å²) in [5, 5.41) is 10.6. The zero-order valence-corrected chi connectivity index (χ0v) is 18.4. The molecule has 1 aromatic carbocycles. The van der Waals surface area contributed by atoms with Crippen molar-refractivity contribution in [1.82, 2.24) is 0 Å². The zero-order chi connectivity index (χ0) is 21.6. The molecule has 0 saturated carbocycles. The molecule has 1 rings (SSSR count). The summed E-state index contributed by atoms with van der Waals surface area (Å²) in [4.78, 5) is 10.7. The van der Waals surface area contributed by atoms with Gasteiger partial charge in [0.1, 0.15) is 24.7 Å². The number of rotatable bonds is 13. The molecule has 1 aromatic rings. The predicted octanol–water partition coefficient (Wildman–Crippen LogP) is 5.83. The van der Waals surface area contributed by atoms with Gasteiger partial charge in [0.2, 0.25) is 0 Å². The Morgan fingerprint density at radius 1 is 1.14 bits per heavy atom. The molecule has 0 bridgehead atoms. The second kappa shape index (κ2) is 13.7. The molecule has 3 N–H and O–H groups in total. The Hall–Kier alpha value is -2.43. The van der Waals surface area contributed by atoms with E-state index < -0.39 is 6.09 Å². The fraction of sp³-hybridized carbons (Fsp3) is 0.542. The smallest absolute Gasteiger partial charge is 0.404 e. The lowest BCUT2D eigenvalue weighted by Gasteiger charge is -2.15. The molecule has 0 aliphatic rings. The van der Waals surface area contributed by atoms with Gasteiger partial charge >= 0.3 is 6.09 Å². The van der Waals surface area contributed by atoms with Crippen LogP contribution in [-0.2, 0) is 17.6 Å². The van der Waals surface area contributed by atoms with Crippen molar-refractivity contribution in [1.29, 1.82) is 0 Å². The van der Waals surface area contributed by atoms with E-state index in [0.717, 1.165) is 49.7 Å². The standard InChI is InChI=1S/C24H37NO4/c1-5-6-7-11-20-16-22(26)21(13-12-19(4)10-8-9-18(2)3)23(17-20)28-14-15-29-24(25)27/h9,12,16-17,26H,5-8,10-11,13-15H2,1-4H3,(H2,25,27). The van der Waals surface area contributed by atoms with Crippen molar-refractivity contribution in [2.75, 3.05) is 13.2 Å². The third-order valence-corrected chi connectivity index (χ3v) is 4.65. The molecule has 0 unspecified atom stereocenters. The van der Waals surface area contributed by atoms with Crippen LogP contribution in [0.2, 0.25) is 0 Å². The SMILES string of the molecule is CCCCCc1cc(O)c(CC=C(C)CCC=C(C)C)c(OCCOC(N)=O)c1. The van der Waals surface area contributed by atoms with E-state index in [4.69, 9.17) is 15.2 Å². The van der Waals surface area contributed by atoms with Crippen LogP contribution in [0.5, 0.6) is 11.5 Å². The van der Waals surface area contributed by atoms with Crippen molar-refractivity contribution in [3.63, 3.8) is 0 Å². The van der Waals surface area contributed by atoms with Gasteiger partial charge in [-0.1, -0.05) is 43.1 Å². The van der Waals surface area contributed by atoms with Gasteiger partial charge in [0, 0.05) is 5.56 Å². The minimum atomic E-state index is -0.820. The van der Waals surface area contributed by atoms with Crippen LogP contribution in [0.3, 0.4) is 0 Å². The fourth-order valence-corrected chi connectivity index (χ4v) is 3.00. The maximum absolute atomic E-state index is 10.7. The van der Waals surface area contributed by atoms with E-state index in [0.29, 0.717) is 12.2 Å². The van der Waals surface area contributed by atoms with Gasteiger partial charge in [-0.05, 0) is 70.6 Å². The van der Waals surface area contributed by atoms with E-state index in [1.807, 2.05) is 12.1 Å². The molecule has 5 nitrogen and oxygen atoms in total. The quantitative estimate of drug-likeness (QED) is 0.320. The third-order valence-electron chi connectivity index (χ3n) is 4.65. The second-order valence-corrected chi connectivity index (χ2v) is 7.64. The summed E-state index contributed by atoms with van der Waals surface area (Å²) in [6.45, 7) is 8.75. The van der Waals surface area contributed by atoms with Crippen LogP contribution in [0.4, 0.5) is 4.79 Å². The Bertz CT molecular complexity index is 703. The van der Waals surface area contributed by atoms with Crippen molar-refractivity contribution in [3.8, 4) is 11.5 Å². The van der Waals surface area contributed by atoms with E-state index >= 15 is 0 Å². The molecular weight excluding hydrogens is 366 g/mol. The van der Waals surface area contributed by atoms with Crippen molar-refractivity contribution in [3.05, 3.63) is 46.6 Å². The van der Waals surface area contributed by atoms with Gasteiger partial charge in [-0.25, -0.2) is 4.79 Å². The molecule has 0 saturated heterocycles.